The molecule has 0 bridgehead atoms. The second-order valence-electron chi connectivity index (χ2n) is 5.20. The van der Waals surface area contributed by atoms with Gasteiger partial charge in [0.2, 0.25) is 0 Å². The zero-order valence-corrected chi connectivity index (χ0v) is 10.3. The molecule has 2 saturated heterocycles. The highest BCUT2D eigenvalue weighted by atomic mass is 16.5. The Kier molecular flexibility index (Phi) is 5.59. The third-order valence-electron chi connectivity index (χ3n) is 3.86. The molecule has 2 heterocycles. The molecule has 2 fully saturated rings. The van der Waals surface area contributed by atoms with E-state index in [1.807, 2.05) is 0 Å². The molecule has 3 heteroatoms. The first-order valence-electron chi connectivity index (χ1n) is 6.97. The van der Waals surface area contributed by atoms with E-state index in [-0.39, 0.29) is 0 Å². The summed E-state index contributed by atoms with van der Waals surface area (Å²) in [6.45, 7) is 5.53. The molecule has 0 radical (unpaired) electrons. The zero-order chi connectivity index (χ0) is 11.1. The highest BCUT2D eigenvalue weighted by molar-refractivity contribution is 4.73. The summed E-state index contributed by atoms with van der Waals surface area (Å²) in [6.07, 6.45) is 7.94. The summed E-state index contributed by atoms with van der Waals surface area (Å²) in [7, 11) is 0. The Morgan fingerprint density at radius 1 is 1.12 bits per heavy atom. The molecule has 16 heavy (non-hydrogen) atoms. The van der Waals surface area contributed by atoms with Crippen LogP contribution in [0.5, 0.6) is 0 Å². The molecule has 1 atom stereocenters. The van der Waals surface area contributed by atoms with Crippen molar-refractivity contribution in [1.29, 1.82) is 0 Å². The molecule has 2 rings (SSSR count). The van der Waals surface area contributed by atoms with Gasteiger partial charge < -0.3 is 15.4 Å². The van der Waals surface area contributed by atoms with E-state index >= 15 is 0 Å². The second kappa shape index (κ2) is 7.25. The third-order valence-corrected chi connectivity index (χ3v) is 3.86. The first-order chi connectivity index (χ1) is 7.95. The van der Waals surface area contributed by atoms with Crippen LogP contribution in [0.2, 0.25) is 0 Å². The average molecular weight is 226 g/mol. The van der Waals surface area contributed by atoms with Crippen molar-refractivity contribution in [2.45, 2.75) is 44.6 Å². The number of rotatable bonds is 5. The summed E-state index contributed by atoms with van der Waals surface area (Å²) >= 11 is 0. The fourth-order valence-corrected chi connectivity index (χ4v) is 2.70. The van der Waals surface area contributed by atoms with E-state index in [1.165, 1.54) is 58.2 Å². The molecular formula is C13H26N2O. The molecule has 0 aromatic carbocycles. The molecule has 2 aliphatic heterocycles. The monoisotopic (exact) mass is 226 g/mol. The maximum absolute atomic E-state index is 5.36. The van der Waals surface area contributed by atoms with Gasteiger partial charge in [0.15, 0.2) is 0 Å². The van der Waals surface area contributed by atoms with Gasteiger partial charge in [-0.2, -0.15) is 0 Å². The van der Waals surface area contributed by atoms with Crippen LogP contribution in [-0.2, 0) is 4.74 Å². The summed E-state index contributed by atoms with van der Waals surface area (Å²) in [5, 5.41) is 7.20. The molecule has 0 aliphatic carbocycles. The lowest BCUT2D eigenvalue weighted by molar-refractivity contribution is 0.0663. The minimum atomic E-state index is 0.774. The smallest absolute Gasteiger partial charge is 0.0469 e. The fraction of sp³-hybridized carbons (Fsp3) is 1.00. The van der Waals surface area contributed by atoms with Crippen molar-refractivity contribution in [2.24, 2.45) is 5.92 Å². The van der Waals surface area contributed by atoms with Gasteiger partial charge in [0, 0.05) is 19.3 Å². The number of hydrogen-bond donors (Lipinski definition) is 2. The van der Waals surface area contributed by atoms with Crippen LogP contribution in [0.4, 0.5) is 0 Å². The van der Waals surface area contributed by atoms with Crippen molar-refractivity contribution < 1.29 is 4.74 Å². The van der Waals surface area contributed by atoms with Gasteiger partial charge in [0.1, 0.15) is 0 Å². The van der Waals surface area contributed by atoms with Crippen molar-refractivity contribution >= 4 is 0 Å². The van der Waals surface area contributed by atoms with Crippen LogP contribution in [0.3, 0.4) is 0 Å². The Morgan fingerprint density at radius 3 is 2.75 bits per heavy atom. The molecular weight excluding hydrogens is 200 g/mol. The van der Waals surface area contributed by atoms with Crippen molar-refractivity contribution in [1.82, 2.24) is 10.6 Å². The number of piperidine rings is 1. The molecule has 0 aromatic rings. The summed E-state index contributed by atoms with van der Waals surface area (Å²) in [5.41, 5.74) is 0. The fourth-order valence-electron chi connectivity index (χ4n) is 2.70. The Balaban J connectivity index is 1.47. The highest BCUT2D eigenvalue weighted by Crippen LogP contribution is 2.13. The molecule has 0 aromatic heterocycles. The van der Waals surface area contributed by atoms with Crippen molar-refractivity contribution in [3.05, 3.63) is 0 Å². The molecule has 0 amide bonds. The van der Waals surface area contributed by atoms with Crippen molar-refractivity contribution in [3.63, 3.8) is 0 Å². The lowest BCUT2D eigenvalue weighted by Crippen LogP contribution is -2.37. The van der Waals surface area contributed by atoms with Crippen LogP contribution >= 0.6 is 0 Å². The summed E-state index contributed by atoms with van der Waals surface area (Å²) < 4.78 is 5.36. The van der Waals surface area contributed by atoms with Gasteiger partial charge in [-0.25, -0.2) is 0 Å². The van der Waals surface area contributed by atoms with Gasteiger partial charge in [-0.3, -0.25) is 0 Å². The predicted molar refractivity (Wildman–Crippen MR) is 66.7 cm³/mol. The SMILES string of the molecule is C1CCC(CCNCC2CCOCC2)NC1. The van der Waals surface area contributed by atoms with Gasteiger partial charge in [0.25, 0.3) is 0 Å². The van der Waals surface area contributed by atoms with E-state index < -0.39 is 0 Å². The van der Waals surface area contributed by atoms with Crippen LogP contribution in [0.15, 0.2) is 0 Å². The average Bonchev–Trinajstić information content (AvgIpc) is 2.37. The first kappa shape index (κ1) is 12.3. The number of hydrogen-bond acceptors (Lipinski definition) is 3. The lowest BCUT2D eigenvalue weighted by Gasteiger charge is -2.25. The largest absolute Gasteiger partial charge is 0.381 e. The van der Waals surface area contributed by atoms with Crippen molar-refractivity contribution in [3.8, 4) is 0 Å². The Bertz CT molecular complexity index is 155. The summed E-state index contributed by atoms with van der Waals surface area (Å²) in [5.74, 6) is 0.855. The van der Waals surface area contributed by atoms with Crippen LogP contribution in [0.25, 0.3) is 0 Å². The normalized spacial score (nSPS) is 28.1. The molecule has 0 saturated carbocycles. The molecule has 94 valence electrons. The number of nitrogens with one attached hydrogen (secondary N) is 2. The van der Waals surface area contributed by atoms with E-state index in [1.54, 1.807) is 0 Å². The molecule has 2 N–H and O–H groups in total. The van der Waals surface area contributed by atoms with Gasteiger partial charge in [-0.15, -0.1) is 0 Å². The first-order valence-corrected chi connectivity index (χ1v) is 6.97. The predicted octanol–water partition coefficient (Wildman–Crippen LogP) is 1.53. The Hall–Kier alpha value is -0.120. The van der Waals surface area contributed by atoms with E-state index in [9.17, 15) is 0 Å². The quantitative estimate of drug-likeness (QED) is 0.698. The van der Waals surface area contributed by atoms with Gasteiger partial charge in [0.05, 0.1) is 0 Å². The topological polar surface area (TPSA) is 33.3 Å². The number of ether oxygens (including phenoxy) is 1. The molecule has 1 unspecified atom stereocenters. The van der Waals surface area contributed by atoms with Gasteiger partial charge in [-0.05, 0) is 57.7 Å². The minimum Gasteiger partial charge on any atom is -0.381 e. The van der Waals surface area contributed by atoms with E-state index in [0.717, 1.165) is 25.2 Å². The second-order valence-corrected chi connectivity index (χ2v) is 5.20. The van der Waals surface area contributed by atoms with E-state index in [0.29, 0.717) is 0 Å². The van der Waals surface area contributed by atoms with Crippen LogP contribution < -0.4 is 10.6 Å². The van der Waals surface area contributed by atoms with E-state index in [2.05, 4.69) is 10.6 Å². The zero-order valence-electron chi connectivity index (χ0n) is 10.3. The highest BCUT2D eigenvalue weighted by Gasteiger charge is 2.14. The lowest BCUT2D eigenvalue weighted by atomic mass is 10.00. The third kappa shape index (κ3) is 4.40. The summed E-state index contributed by atoms with van der Waals surface area (Å²) in [4.78, 5) is 0. The summed E-state index contributed by atoms with van der Waals surface area (Å²) in [6, 6.07) is 0.774. The van der Waals surface area contributed by atoms with Gasteiger partial charge >= 0.3 is 0 Å². The maximum atomic E-state index is 5.36. The molecule has 0 spiro atoms. The molecule has 3 nitrogen and oxygen atoms in total. The van der Waals surface area contributed by atoms with Crippen molar-refractivity contribution in [2.75, 3.05) is 32.8 Å². The Labute approximate surface area is 99.3 Å². The Morgan fingerprint density at radius 2 is 2.00 bits per heavy atom. The van der Waals surface area contributed by atoms with E-state index in [4.69, 9.17) is 4.74 Å². The van der Waals surface area contributed by atoms with Gasteiger partial charge in [-0.1, -0.05) is 6.42 Å². The molecule has 2 aliphatic rings. The van der Waals surface area contributed by atoms with Crippen LogP contribution in [-0.4, -0.2) is 38.9 Å². The van der Waals surface area contributed by atoms with Crippen LogP contribution in [0, 0.1) is 5.92 Å². The standard InChI is InChI=1S/C13H26N2O/c1-2-7-15-13(3-1)4-8-14-11-12-5-9-16-10-6-12/h12-15H,1-11H2. The van der Waals surface area contributed by atoms with Crippen LogP contribution in [0.1, 0.15) is 38.5 Å². The minimum absolute atomic E-state index is 0.774. The maximum Gasteiger partial charge on any atom is 0.0469 e.